The molecular weight excluding hydrogens is 310 g/mol. The van der Waals surface area contributed by atoms with Crippen molar-refractivity contribution in [2.24, 2.45) is 0 Å². The molecule has 1 unspecified atom stereocenters. The Morgan fingerprint density at radius 3 is 2.28 bits per heavy atom. The number of rotatable bonds is 8. The number of benzene rings is 2. The van der Waals surface area contributed by atoms with E-state index >= 15 is 0 Å². The van der Waals surface area contributed by atoms with E-state index in [0.717, 1.165) is 30.6 Å². The highest BCUT2D eigenvalue weighted by atomic mass is 16.3. The molecule has 4 nitrogen and oxygen atoms in total. The highest BCUT2D eigenvalue weighted by Gasteiger charge is 2.14. The van der Waals surface area contributed by atoms with Crippen molar-refractivity contribution < 1.29 is 5.11 Å². The number of aliphatic hydroxyl groups is 1. The van der Waals surface area contributed by atoms with Crippen LogP contribution in [0.25, 0.3) is 11.1 Å². The van der Waals surface area contributed by atoms with Gasteiger partial charge in [-0.25, -0.2) is 0 Å². The number of aliphatic hydroxyl groups excluding tert-OH is 1. The van der Waals surface area contributed by atoms with Crippen LogP contribution in [-0.2, 0) is 0 Å². The van der Waals surface area contributed by atoms with Gasteiger partial charge in [-0.15, -0.1) is 0 Å². The topological polar surface area (TPSA) is 60.9 Å². The molecule has 3 rings (SSSR count). The monoisotopic (exact) mass is 335 g/mol. The van der Waals surface area contributed by atoms with Crippen molar-refractivity contribution in [1.29, 1.82) is 0 Å². The molecular formula is C21H25N3O. The zero-order valence-electron chi connectivity index (χ0n) is 14.6. The zero-order valence-corrected chi connectivity index (χ0v) is 14.6. The molecule has 1 atom stereocenters. The van der Waals surface area contributed by atoms with Gasteiger partial charge in [0.25, 0.3) is 0 Å². The van der Waals surface area contributed by atoms with Gasteiger partial charge in [0.05, 0.1) is 6.20 Å². The second kappa shape index (κ2) is 8.60. The van der Waals surface area contributed by atoms with Crippen LogP contribution in [0.15, 0.2) is 60.9 Å². The summed E-state index contributed by atoms with van der Waals surface area (Å²) >= 11 is 0. The summed E-state index contributed by atoms with van der Waals surface area (Å²) in [4.78, 5) is 0. The van der Waals surface area contributed by atoms with Crippen molar-refractivity contribution in [3.05, 3.63) is 77.6 Å². The van der Waals surface area contributed by atoms with Crippen LogP contribution in [-0.4, -0.2) is 35.0 Å². The summed E-state index contributed by atoms with van der Waals surface area (Å²) in [5, 5.41) is 19.3. The van der Waals surface area contributed by atoms with E-state index in [0.29, 0.717) is 0 Å². The molecule has 0 aliphatic rings. The smallest absolute Gasteiger partial charge is 0.0565 e. The Hall–Kier alpha value is -2.43. The quantitative estimate of drug-likeness (QED) is 0.552. The van der Waals surface area contributed by atoms with Crippen LogP contribution >= 0.6 is 0 Å². The highest BCUT2D eigenvalue weighted by molar-refractivity contribution is 5.62. The first-order valence-corrected chi connectivity index (χ1v) is 8.75. The Bertz CT molecular complexity index is 749. The van der Waals surface area contributed by atoms with Gasteiger partial charge in [-0.1, -0.05) is 54.1 Å². The van der Waals surface area contributed by atoms with Gasteiger partial charge in [0.2, 0.25) is 0 Å². The molecule has 0 saturated heterocycles. The SMILES string of the molecule is Cc1ccc(C(CNCCCO)c2ccc(-c3cn[nH]c3)cc2)cc1. The van der Waals surface area contributed by atoms with Crippen molar-refractivity contribution in [3.8, 4) is 11.1 Å². The lowest BCUT2D eigenvalue weighted by atomic mass is 9.89. The first kappa shape index (κ1) is 17.4. The number of hydrogen-bond acceptors (Lipinski definition) is 3. The Morgan fingerprint density at radius 1 is 1.00 bits per heavy atom. The summed E-state index contributed by atoms with van der Waals surface area (Å²) in [5.74, 6) is 0.290. The summed E-state index contributed by atoms with van der Waals surface area (Å²) in [6.45, 7) is 4.01. The van der Waals surface area contributed by atoms with Crippen LogP contribution in [0.5, 0.6) is 0 Å². The molecule has 0 spiro atoms. The second-order valence-corrected chi connectivity index (χ2v) is 6.35. The van der Waals surface area contributed by atoms with E-state index in [2.05, 4.69) is 71.0 Å². The van der Waals surface area contributed by atoms with E-state index in [1.165, 1.54) is 16.7 Å². The molecule has 0 saturated carbocycles. The molecule has 1 aromatic heterocycles. The standard InChI is InChI=1S/C21H25N3O/c1-16-3-5-18(6-4-16)21(15-22-11-2-12-25)19-9-7-17(8-10-19)20-13-23-24-14-20/h3-10,13-14,21-22,25H,2,11-12,15H2,1H3,(H,23,24). The molecule has 3 aromatic rings. The van der Waals surface area contributed by atoms with Crippen molar-refractivity contribution in [1.82, 2.24) is 15.5 Å². The lowest BCUT2D eigenvalue weighted by Crippen LogP contribution is -2.24. The average Bonchev–Trinajstić information content (AvgIpc) is 3.18. The zero-order chi connectivity index (χ0) is 17.5. The molecule has 0 aliphatic carbocycles. The largest absolute Gasteiger partial charge is 0.396 e. The van der Waals surface area contributed by atoms with Crippen LogP contribution in [0.2, 0.25) is 0 Å². The van der Waals surface area contributed by atoms with E-state index in [-0.39, 0.29) is 12.5 Å². The third kappa shape index (κ3) is 4.56. The van der Waals surface area contributed by atoms with E-state index in [4.69, 9.17) is 5.11 Å². The Balaban J connectivity index is 1.81. The van der Waals surface area contributed by atoms with Gasteiger partial charge in [0.1, 0.15) is 0 Å². The lowest BCUT2D eigenvalue weighted by molar-refractivity contribution is 0.286. The molecule has 0 fully saturated rings. The second-order valence-electron chi connectivity index (χ2n) is 6.35. The van der Waals surface area contributed by atoms with Gasteiger partial charge in [-0.05, 0) is 36.6 Å². The molecule has 4 heteroatoms. The third-order valence-corrected chi connectivity index (χ3v) is 4.48. The summed E-state index contributed by atoms with van der Waals surface area (Å²) in [7, 11) is 0. The number of aromatic amines is 1. The Kier molecular flexibility index (Phi) is 5.99. The average molecular weight is 335 g/mol. The normalized spacial score (nSPS) is 12.2. The molecule has 25 heavy (non-hydrogen) atoms. The van der Waals surface area contributed by atoms with Crippen LogP contribution in [0.1, 0.15) is 29.0 Å². The summed E-state index contributed by atoms with van der Waals surface area (Å²) in [6, 6.07) is 17.4. The maximum absolute atomic E-state index is 8.97. The molecule has 0 bridgehead atoms. The molecule has 0 amide bonds. The van der Waals surface area contributed by atoms with Gasteiger partial charge in [-0.3, -0.25) is 5.10 Å². The number of H-pyrrole nitrogens is 1. The van der Waals surface area contributed by atoms with E-state index in [9.17, 15) is 0 Å². The minimum absolute atomic E-state index is 0.224. The van der Waals surface area contributed by atoms with Gasteiger partial charge in [0, 0.05) is 30.8 Å². The van der Waals surface area contributed by atoms with Gasteiger partial charge in [-0.2, -0.15) is 5.10 Å². The maximum atomic E-state index is 8.97. The summed E-state index contributed by atoms with van der Waals surface area (Å²) in [6.07, 6.45) is 4.52. The fourth-order valence-corrected chi connectivity index (χ4v) is 2.99. The van der Waals surface area contributed by atoms with E-state index in [1.54, 1.807) is 0 Å². The van der Waals surface area contributed by atoms with E-state index in [1.807, 2.05) is 12.4 Å². The predicted octanol–water partition coefficient (Wildman–Crippen LogP) is 3.49. The first-order valence-electron chi connectivity index (χ1n) is 8.75. The first-order chi connectivity index (χ1) is 12.3. The molecule has 3 N–H and O–H groups in total. The fraction of sp³-hybridized carbons (Fsp3) is 0.286. The van der Waals surface area contributed by atoms with E-state index < -0.39 is 0 Å². The van der Waals surface area contributed by atoms with Crippen molar-refractivity contribution >= 4 is 0 Å². The molecule has 0 aliphatic heterocycles. The number of nitrogens with one attached hydrogen (secondary N) is 2. The number of hydrogen-bond donors (Lipinski definition) is 3. The van der Waals surface area contributed by atoms with Crippen molar-refractivity contribution in [2.45, 2.75) is 19.3 Å². The third-order valence-electron chi connectivity index (χ3n) is 4.48. The van der Waals surface area contributed by atoms with Crippen molar-refractivity contribution in [3.63, 3.8) is 0 Å². The van der Waals surface area contributed by atoms with Gasteiger partial charge >= 0.3 is 0 Å². The molecule has 1 heterocycles. The van der Waals surface area contributed by atoms with Crippen LogP contribution < -0.4 is 5.32 Å². The van der Waals surface area contributed by atoms with Crippen molar-refractivity contribution in [2.75, 3.05) is 19.7 Å². The lowest BCUT2D eigenvalue weighted by Gasteiger charge is -2.19. The van der Waals surface area contributed by atoms with Gasteiger partial charge < -0.3 is 10.4 Å². The fourth-order valence-electron chi connectivity index (χ4n) is 2.99. The predicted molar refractivity (Wildman–Crippen MR) is 102 cm³/mol. The summed E-state index contributed by atoms with van der Waals surface area (Å²) < 4.78 is 0. The minimum atomic E-state index is 0.224. The highest BCUT2D eigenvalue weighted by Crippen LogP contribution is 2.27. The number of aromatic nitrogens is 2. The Morgan fingerprint density at radius 2 is 1.68 bits per heavy atom. The molecule has 2 aromatic carbocycles. The Labute approximate surface area is 148 Å². The number of nitrogens with zero attached hydrogens (tertiary/aromatic N) is 1. The van der Waals surface area contributed by atoms with Crippen LogP contribution in [0.4, 0.5) is 0 Å². The molecule has 0 radical (unpaired) electrons. The maximum Gasteiger partial charge on any atom is 0.0565 e. The minimum Gasteiger partial charge on any atom is -0.396 e. The van der Waals surface area contributed by atoms with Gasteiger partial charge in [0.15, 0.2) is 0 Å². The van der Waals surface area contributed by atoms with Crippen LogP contribution in [0.3, 0.4) is 0 Å². The summed E-state index contributed by atoms with van der Waals surface area (Å²) in [5.41, 5.74) is 6.12. The van der Waals surface area contributed by atoms with Crippen LogP contribution in [0, 0.1) is 6.92 Å². The molecule has 130 valence electrons. The number of aryl methyl sites for hydroxylation is 1.